The number of hydrogen-bond acceptors (Lipinski definition) is 4. The number of halogens is 1. The third-order valence-electron chi connectivity index (χ3n) is 1.94. The van der Waals surface area contributed by atoms with E-state index in [1.165, 1.54) is 18.2 Å². The molecule has 1 aromatic carbocycles. The van der Waals surface area contributed by atoms with Crippen molar-refractivity contribution in [2.45, 2.75) is 17.9 Å². The van der Waals surface area contributed by atoms with E-state index >= 15 is 0 Å². The van der Waals surface area contributed by atoms with Crippen molar-refractivity contribution in [2.75, 3.05) is 5.32 Å². The fraction of sp³-hybridized carbons (Fsp3) is 0.222. The van der Waals surface area contributed by atoms with Crippen molar-refractivity contribution in [1.29, 1.82) is 0 Å². The molecule has 0 saturated heterocycles. The third kappa shape index (κ3) is 3.77. The summed E-state index contributed by atoms with van der Waals surface area (Å²) in [6.07, 6.45) is 0. The van der Waals surface area contributed by atoms with E-state index in [9.17, 15) is 13.2 Å². The minimum absolute atomic E-state index is 0.0387. The van der Waals surface area contributed by atoms with Gasteiger partial charge >= 0.3 is 0 Å². The second-order valence-electron chi connectivity index (χ2n) is 3.46. The number of nitrogens with two attached hydrogens (primary N) is 2. The summed E-state index contributed by atoms with van der Waals surface area (Å²) < 4.78 is 22.6. The Balaban J connectivity index is 3.03. The number of carbonyl (C=O) groups is 1. The van der Waals surface area contributed by atoms with Crippen LogP contribution in [0.3, 0.4) is 0 Å². The molecular weight excluding hydrogens is 310 g/mol. The average Bonchev–Trinajstić information content (AvgIpc) is 2.19. The fourth-order valence-electron chi connectivity index (χ4n) is 1.02. The molecule has 1 aromatic rings. The first-order valence-corrected chi connectivity index (χ1v) is 6.94. The molecule has 1 amide bonds. The quantitative estimate of drug-likeness (QED) is 0.746. The number of hydrogen-bond donors (Lipinski definition) is 3. The van der Waals surface area contributed by atoms with Gasteiger partial charge in [0, 0.05) is 4.47 Å². The predicted octanol–water partition coefficient (Wildman–Crippen LogP) is 0.382. The minimum Gasteiger partial charge on any atom is -0.324 e. The summed E-state index contributed by atoms with van der Waals surface area (Å²) in [6.45, 7) is 1.54. The Labute approximate surface area is 108 Å². The number of amides is 1. The molecule has 0 spiro atoms. The van der Waals surface area contributed by atoms with Gasteiger partial charge in [-0.1, -0.05) is 0 Å². The summed E-state index contributed by atoms with van der Waals surface area (Å²) in [5, 5.41) is 7.51. The predicted molar refractivity (Wildman–Crippen MR) is 67.8 cm³/mol. The van der Waals surface area contributed by atoms with Crippen LogP contribution >= 0.6 is 15.9 Å². The van der Waals surface area contributed by atoms with Crippen LogP contribution in [-0.4, -0.2) is 20.4 Å². The molecule has 1 rings (SSSR count). The molecule has 1 atom stereocenters. The molecule has 8 heteroatoms. The van der Waals surface area contributed by atoms with Crippen LogP contribution in [0.4, 0.5) is 5.69 Å². The van der Waals surface area contributed by atoms with Gasteiger partial charge in [-0.15, -0.1) is 0 Å². The molecule has 0 unspecified atom stereocenters. The summed E-state index contributed by atoms with van der Waals surface area (Å²) in [5.41, 5.74) is 5.82. The summed E-state index contributed by atoms with van der Waals surface area (Å²) in [5.74, 6) is -0.367. The number of benzene rings is 1. The molecule has 0 aromatic heterocycles. The van der Waals surface area contributed by atoms with Crippen molar-refractivity contribution in [1.82, 2.24) is 0 Å². The second-order valence-corrected chi connectivity index (χ2v) is 5.88. The lowest BCUT2D eigenvalue weighted by atomic mass is 10.3. The van der Waals surface area contributed by atoms with Gasteiger partial charge in [-0.25, -0.2) is 13.6 Å². The van der Waals surface area contributed by atoms with Crippen LogP contribution in [0.15, 0.2) is 27.6 Å². The number of nitrogens with one attached hydrogen (secondary N) is 1. The highest BCUT2D eigenvalue weighted by Crippen LogP contribution is 2.25. The molecule has 0 aliphatic heterocycles. The van der Waals surface area contributed by atoms with E-state index < -0.39 is 16.1 Å². The average molecular weight is 322 g/mol. The Bertz CT molecular complexity index is 542. The Morgan fingerprint density at radius 1 is 1.47 bits per heavy atom. The maximum atomic E-state index is 11.3. The van der Waals surface area contributed by atoms with Crippen molar-refractivity contribution in [3.05, 3.63) is 22.7 Å². The van der Waals surface area contributed by atoms with Crippen molar-refractivity contribution in [3.8, 4) is 0 Å². The molecule has 94 valence electrons. The lowest BCUT2D eigenvalue weighted by molar-refractivity contribution is -0.117. The van der Waals surface area contributed by atoms with Gasteiger partial charge in [0.15, 0.2) is 0 Å². The highest BCUT2D eigenvalue weighted by molar-refractivity contribution is 9.10. The molecule has 0 aliphatic rings. The van der Waals surface area contributed by atoms with E-state index in [0.29, 0.717) is 10.2 Å². The van der Waals surface area contributed by atoms with E-state index in [2.05, 4.69) is 21.2 Å². The topological polar surface area (TPSA) is 115 Å². The van der Waals surface area contributed by atoms with Crippen molar-refractivity contribution in [3.63, 3.8) is 0 Å². The van der Waals surface area contributed by atoms with Crippen LogP contribution in [0.1, 0.15) is 6.92 Å². The zero-order chi connectivity index (χ0) is 13.2. The van der Waals surface area contributed by atoms with Crippen molar-refractivity contribution in [2.24, 2.45) is 10.9 Å². The molecular formula is C9H12BrN3O3S. The van der Waals surface area contributed by atoms with Crippen LogP contribution in [0.25, 0.3) is 0 Å². The second kappa shape index (κ2) is 5.13. The number of carbonyl (C=O) groups excluding carboxylic acids is 1. The molecule has 0 saturated carbocycles. The van der Waals surface area contributed by atoms with Gasteiger partial charge < -0.3 is 11.1 Å². The Hall–Kier alpha value is -0.960. The van der Waals surface area contributed by atoms with Gasteiger partial charge in [0.05, 0.1) is 16.6 Å². The van der Waals surface area contributed by atoms with Crippen molar-refractivity contribution >= 4 is 37.5 Å². The zero-order valence-electron chi connectivity index (χ0n) is 8.98. The van der Waals surface area contributed by atoms with E-state index in [4.69, 9.17) is 10.9 Å². The number of rotatable bonds is 3. The van der Waals surface area contributed by atoms with Gasteiger partial charge in [0.2, 0.25) is 15.9 Å². The van der Waals surface area contributed by atoms with Crippen LogP contribution < -0.4 is 16.2 Å². The summed E-state index contributed by atoms with van der Waals surface area (Å²) in [4.78, 5) is 11.3. The third-order valence-corrected chi connectivity index (χ3v) is 3.51. The minimum atomic E-state index is -3.75. The number of anilines is 1. The molecule has 17 heavy (non-hydrogen) atoms. The van der Waals surface area contributed by atoms with Gasteiger partial charge in [0.1, 0.15) is 0 Å². The molecule has 0 radical (unpaired) electrons. The zero-order valence-corrected chi connectivity index (χ0v) is 11.4. The molecule has 0 aliphatic carbocycles. The lowest BCUT2D eigenvalue weighted by Crippen LogP contribution is -2.32. The highest BCUT2D eigenvalue weighted by Gasteiger charge is 2.13. The van der Waals surface area contributed by atoms with Crippen LogP contribution in [0, 0.1) is 0 Å². The summed E-state index contributed by atoms with van der Waals surface area (Å²) in [6, 6.07) is 3.40. The first-order valence-electron chi connectivity index (χ1n) is 4.60. The standard InChI is InChI=1S/C9H12BrN3O3S/c1-5(11)9(14)13-8-3-2-6(4-7(8)10)17(12,15)16/h2-5H,11H2,1H3,(H,13,14)(H2,12,15,16)/t5-/m0/s1. The fourth-order valence-corrected chi connectivity index (χ4v) is 2.19. The molecule has 0 fully saturated rings. The Kier molecular flexibility index (Phi) is 4.26. The first kappa shape index (κ1) is 14.1. The van der Waals surface area contributed by atoms with E-state index in [-0.39, 0.29) is 10.8 Å². The lowest BCUT2D eigenvalue weighted by Gasteiger charge is -2.10. The highest BCUT2D eigenvalue weighted by atomic mass is 79.9. The number of sulfonamides is 1. The molecule has 0 heterocycles. The molecule has 6 nitrogen and oxygen atoms in total. The normalized spacial score (nSPS) is 13.2. The first-order chi connectivity index (χ1) is 7.71. The molecule has 0 bridgehead atoms. The van der Waals surface area contributed by atoms with Gasteiger partial charge in [-0.3, -0.25) is 4.79 Å². The summed E-state index contributed by atoms with van der Waals surface area (Å²) >= 11 is 3.14. The maximum Gasteiger partial charge on any atom is 0.241 e. The van der Waals surface area contributed by atoms with Gasteiger partial charge in [0.25, 0.3) is 0 Å². The van der Waals surface area contributed by atoms with Crippen LogP contribution in [-0.2, 0) is 14.8 Å². The van der Waals surface area contributed by atoms with Gasteiger partial charge in [-0.05, 0) is 41.1 Å². The summed E-state index contributed by atoms with van der Waals surface area (Å²) in [7, 11) is -3.75. The van der Waals surface area contributed by atoms with E-state index in [1.54, 1.807) is 6.92 Å². The van der Waals surface area contributed by atoms with Crippen LogP contribution in [0.2, 0.25) is 0 Å². The molecule has 5 N–H and O–H groups in total. The van der Waals surface area contributed by atoms with E-state index in [1.807, 2.05) is 0 Å². The van der Waals surface area contributed by atoms with E-state index in [0.717, 1.165) is 0 Å². The number of primary sulfonamides is 1. The Morgan fingerprint density at radius 2 is 2.06 bits per heavy atom. The van der Waals surface area contributed by atoms with Crippen molar-refractivity contribution < 1.29 is 13.2 Å². The van der Waals surface area contributed by atoms with Crippen LogP contribution in [0.5, 0.6) is 0 Å². The van der Waals surface area contributed by atoms with Gasteiger partial charge in [-0.2, -0.15) is 0 Å². The maximum absolute atomic E-state index is 11.3. The monoisotopic (exact) mass is 321 g/mol. The Morgan fingerprint density at radius 3 is 2.47 bits per heavy atom. The largest absolute Gasteiger partial charge is 0.324 e. The SMILES string of the molecule is C[C@H](N)C(=O)Nc1ccc(S(N)(=O)=O)cc1Br. The smallest absolute Gasteiger partial charge is 0.241 e.